The lowest BCUT2D eigenvalue weighted by Crippen LogP contribution is -2.09. The summed E-state index contributed by atoms with van der Waals surface area (Å²) >= 11 is 1.45. The summed E-state index contributed by atoms with van der Waals surface area (Å²) in [6, 6.07) is 10.3. The Morgan fingerprint density at radius 3 is 2.71 bits per heavy atom. The van der Waals surface area contributed by atoms with Crippen molar-refractivity contribution in [2.45, 2.75) is 23.9 Å². The van der Waals surface area contributed by atoms with Gasteiger partial charge in [-0.1, -0.05) is 6.07 Å². The molecule has 0 spiro atoms. The third kappa shape index (κ3) is 3.57. The number of nitrogens with one attached hydrogen (secondary N) is 1. The van der Waals surface area contributed by atoms with Crippen LogP contribution in [0.25, 0.3) is 11.1 Å². The minimum absolute atomic E-state index is 0.165. The number of ether oxygens (including phenoxy) is 3. The zero-order valence-corrected chi connectivity index (χ0v) is 16.1. The summed E-state index contributed by atoms with van der Waals surface area (Å²) in [6.45, 7) is 0.708. The van der Waals surface area contributed by atoms with E-state index < -0.39 is 0 Å². The fraction of sp³-hybridized carbons (Fsp3) is 0.350. The predicted molar refractivity (Wildman–Crippen MR) is 104 cm³/mol. The maximum Gasteiger partial charge on any atom is 0.231 e. The fourth-order valence-electron chi connectivity index (χ4n) is 2.97. The van der Waals surface area contributed by atoms with Gasteiger partial charge in [-0.05, 0) is 30.5 Å². The number of nitrogens with zero attached hydrogens (tertiary/aromatic N) is 3. The molecule has 2 aromatic rings. The van der Waals surface area contributed by atoms with E-state index in [9.17, 15) is 10.5 Å². The van der Waals surface area contributed by atoms with Gasteiger partial charge in [-0.15, -0.1) is 11.8 Å². The number of hydrogen-bond acceptors (Lipinski definition) is 8. The molecule has 1 fully saturated rings. The highest BCUT2D eigenvalue weighted by Crippen LogP contribution is 2.41. The maximum atomic E-state index is 9.90. The minimum atomic E-state index is 0.165. The normalized spacial score (nSPS) is 14.4. The summed E-state index contributed by atoms with van der Waals surface area (Å²) in [6.07, 6.45) is 2.11. The molecule has 1 aliphatic heterocycles. The van der Waals surface area contributed by atoms with Crippen LogP contribution in [-0.4, -0.2) is 37.3 Å². The molecule has 1 saturated carbocycles. The molecule has 0 amide bonds. The van der Waals surface area contributed by atoms with Gasteiger partial charge in [-0.25, -0.2) is 4.98 Å². The van der Waals surface area contributed by atoms with Gasteiger partial charge in [0.15, 0.2) is 11.5 Å². The molecule has 1 aromatic heterocycles. The van der Waals surface area contributed by atoms with E-state index in [2.05, 4.69) is 22.4 Å². The molecule has 7 nitrogen and oxygen atoms in total. The van der Waals surface area contributed by atoms with Crippen molar-refractivity contribution in [3.05, 3.63) is 29.3 Å². The Bertz CT molecular complexity index is 992. The lowest BCUT2D eigenvalue weighted by atomic mass is 9.96. The highest BCUT2D eigenvalue weighted by molar-refractivity contribution is 7.99. The topological polar surface area (TPSA) is 100 Å². The molecule has 4 rings (SSSR count). The van der Waals surface area contributed by atoms with Crippen molar-refractivity contribution in [2.24, 2.45) is 0 Å². The van der Waals surface area contributed by atoms with Gasteiger partial charge in [-0.2, -0.15) is 10.5 Å². The van der Waals surface area contributed by atoms with Crippen molar-refractivity contribution in [3.8, 4) is 34.8 Å². The van der Waals surface area contributed by atoms with Crippen LogP contribution in [-0.2, 0) is 4.74 Å². The van der Waals surface area contributed by atoms with Gasteiger partial charge in [0.05, 0.1) is 12.2 Å². The van der Waals surface area contributed by atoms with Crippen LogP contribution in [0.15, 0.2) is 23.2 Å². The van der Waals surface area contributed by atoms with Crippen molar-refractivity contribution in [3.63, 3.8) is 0 Å². The molecule has 142 valence electrons. The summed E-state index contributed by atoms with van der Waals surface area (Å²) in [5.41, 5.74) is 2.06. The Kier molecular flexibility index (Phi) is 5.25. The Hall–Kier alpha value is -2.94. The van der Waals surface area contributed by atoms with Crippen LogP contribution in [0.4, 0.5) is 5.82 Å². The van der Waals surface area contributed by atoms with Crippen LogP contribution >= 0.6 is 11.8 Å². The van der Waals surface area contributed by atoms with E-state index >= 15 is 0 Å². The number of thioether (sulfide) groups is 1. The summed E-state index contributed by atoms with van der Waals surface area (Å²) < 4.78 is 16.0. The molecule has 0 bridgehead atoms. The zero-order chi connectivity index (χ0) is 19.5. The second-order valence-electron chi connectivity index (χ2n) is 6.44. The van der Waals surface area contributed by atoms with Crippen LogP contribution in [0.3, 0.4) is 0 Å². The molecule has 2 aliphatic rings. The van der Waals surface area contributed by atoms with Crippen molar-refractivity contribution < 1.29 is 14.2 Å². The molecule has 1 N–H and O–H groups in total. The Morgan fingerprint density at radius 2 is 2.00 bits per heavy atom. The smallest absolute Gasteiger partial charge is 0.231 e. The first-order chi connectivity index (χ1) is 13.7. The molecular formula is C20H18N4O3S. The van der Waals surface area contributed by atoms with Gasteiger partial charge in [-0.3, -0.25) is 0 Å². The highest BCUT2D eigenvalue weighted by atomic mass is 32.2. The van der Waals surface area contributed by atoms with Gasteiger partial charge in [0.2, 0.25) is 6.79 Å². The molecular weight excluding hydrogens is 376 g/mol. The monoisotopic (exact) mass is 394 g/mol. The standard InChI is InChI=1S/C20H18N4O3S/c1-25-6-7-28-20-15(10-22)18(12-2-5-16-17(8-12)27-11-26-16)14(9-21)19(24-20)23-13-3-4-13/h2,5,8,13H,3-4,6-7,11H2,1H3,(H,23,24). The minimum Gasteiger partial charge on any atom is -0.454 e. The number of pyridine rings is 1. The van der Waals surface area contributed by atoms with Gasteiger partial charge >= 0.3 is 0 Å². The van der Waals surface area contributed by atoms with Gasteiger partial charge in [0.25, 0.3) is 0 Å². The van der Waals surface area contributed by atoms with Crippen molar-refractivity contribution in [1.82, 2.24) is 4.98 Å². The van der Waals surface area contributed by atoms with Crippen LogP contribution in [0.5, 0.6) is 11.5 Å². The van der Waals surface area contributed by atoms with E-state index in [0.29, 0.717) is 57.4 Å². The molecule has 28 heavy (non-hydrogen) atoms. The number of hydrogen-bond donors (Lipinski definition) is 1. The number of fused-ring (bicyclic) bond motifs is 1. The van der Waals surface area contributed by atoms with Crippen LogP contribution < -0.4 is 14.8 Å². The van der Waals surface area contributed by atoms with E-state index in [-0.39, 0.29) is 6.79 Å². The molecule has 8 heteroatoms. The predicted octanol–water partition coefficient (Wildman–Crippen LogP) is 3.53. The summed E-state index contributed by atoms with van der Waals surface area (Å²) in [5, 5.41) is 23.7. The van der Waals surface area contributed by atoms with E-state index in [4.69, 9.17) is 14.2 Å². The van der Waals surface area contributed by atoms with Crippen LogP contribution in [0.2, 0.25) is 0 Å². The van der Waals surface area contributed by atoms with E-state index in [1.807, 2.05) is 12.1 Å². The third-order valence-corrected chi connectivity index (χ3v) is 5.43. The molecule has 1 aliphatic carbocycles. The molecule has 1 aromatic carbocycles. The number of aromatic nitrogens is 1. The molecule has 0 radical (unpaired) electrons. The van der Waals surface area contributed by atoms with E-state index in [0.717, 1.165) is 18.4 Å². The first-order valence-corrected chi connectivity index (χ1v) is 9.90. The molecule has 0 atom stereocenters. The fourth-order valence-corrected chi connectivity index (χ4v) is 3.86. The first-order valence-electron chi connectivity index (χ1n) is 8.91. The van der Waals surface area contributed by atoms with Gasteiger partial charge in [0, 0.05) is 24.5 Å². The van der Waals surface area contributed by atoms with Crippen LogP contribution in [0.1, 0.15) is 24.0 Å². The Balaban J connectivity index is 1.87. The molecule has 0 saturated heterocycles. The Labute approximate surface area is 167 Å². The number of rotatable bonds is 7. The number of methoxy groups -OCH3 is 1. The largest absolute Gasteiger partial charge is 0.454 e. The maximum absolute atomic E-state index is 9.90. The first kappa shape index (κ1) is 18.4. The molecule has 2 heterocycles. The lowest BCUT2D eigenvalue weighted by molar-refractivity contribution is 0.174. The number of nitriles is 2. The van der Waals surface area contributed by atoms with Crippen LogP contribution in [0, 0.1) is 22.7 Å². The third-order valence-electron chi connectivity index (χ3n) is 4.49. The highest BCUT2D eigenvalue weighted by Gasteiger charge is 2.27. The van der Waals surface area contributed by atoms with E-state index in [1.54, 1.807) is 13.2 Å². The lowest BCUT2D eigenvalue weighted by Gasteiger charge is -2.16. The van der Waals surface area contributed by atoms with Crippen molar-refractivity contribution >= 4 is 17.6 Å². The summed E-state index contributed by atoms with van der Waals surface area (Å²) in [4.78, 5) is 4.62. The van der Waals surface area contributed by atoms with Gasteiger partial charge in [0.1, 0.15) is 28.5 Å². The average Bonchev–Trinajstić information content (AvgIpc) is 3.40. The summed E-state index contributed by atoms with van der Waals surface area (Å²) in [7, 11) is 1.64. The average molecular weight is 394 g/mol. The SMILES string of the molecule is COCCSc1nc(NC2CC2)c(C#N)c(-c2ccc3c(c2)OCO3)c1C#N. The Morgan fingerprint density at radius 1 is 1.21 bits per heavy atom. The van der Waals surface area contributed by atoms with Crippen molar-refractivity contribution in [1.29, 1.82) is 10.5 Å². The summed E-state index contributed by atoms with van der Waals surface area (Å²) in [5.74, 6) is 2.44. The number of benzene rings is 1. The zero-order valence-electron chi connectivity index (χ0n) is 15.3. The quantitative estimate of drug-likeness (QED) is 0.562. The number of anilines is 1. The second kappa shape index (κ2) is 7.97. The molecule has 0 unspecified atom stereocenters. The second-order valence-corrected chi connectivity index (χ2v) is 7.53. The van der Waals surface area contributed by atoms with Crippen molar-refractivity contribution in [2.75, 3.05) is 31.6 Å². The van der Waals surface area contributed by atoms with Gasteiger partial charge < -0.3 is 19.5 Å². The van der Waals surface area contributed by atoms with E-state index in [1.165, 1.54) is 11.8 Å².